The molecule has 1 fully saturated rings. The standard InChI is InChI=1S/C26H28Cl2N6O4/c1-2-21(23(35)15-34-24(30-31-32-34)14-18-19(27)10-6-11-20(18)28)29-25(36)22-12-7-13-33(22)26(37)38-16-17-8-4-3-5-9-17/h3-6,8-11,21-22H,2,7,12-16H2,1H3,(H,29,36). The predicted octanol–water partition coefficient (Wildman–Crippen LogP) is 3.84. The van der Waals surface area contributed by atoms with Crippen molar-refractivity contribution in [3.8, 4) is 0 Å². The number of aromatic nitrogens is 4. The van der Waals surface area contributed by atoms with E-state index in [9.17, 15) is 14.4 Å². The molecule has 1 aliphatic heterocycles. The quantitative estimate of drug-likeness (QED) is 0.401. The van der Waals surface area contributed by atoms with Crippen molar-refractivity contribution in [2.45, 2.75) is 57.8 Å². The molecule has 0 spiro atoms. The van der Waals surface area contributed by atoms with Gasteiger partial charge in [0.15, 0.2) is 11.6 Å². The van der Waals surface area contributed by atoms with E-state index in [2.05, 4.69) is 20.8 Å². The smallest absolute Gasteiger partial charge is 0.410 e. The van der Waals surface area contributed by atoms with E-state index in [-0.39, 0.29) is 31.3 Å². The summed E-state index contributed by atoms with van der Waals surface area (Å²) in [7, 11) is 0. The van der Waals surface area contributed by atoms with Gasteiger partial charge < -0.3 is 10.1 Å². The molecule has 0 bridgehead atoms. The van der Waals surface area contributed by atoms with Gasteiger partial charge in [0, 0.05) is 23.0 Å². The Morgan fingerprint density at radius 2 is 1.84 bits per heavy atom. The predicted molar refractivity (Wildman–Crippen MR) is 141 cm³/mol. The molecule has 12 heteroatoms. The summed E-state index contributed by atoms with van der Waals surface area (Å²) >= 11 is 12.5. The Hall–Kier alpha value is -3.50. The van der Waals surface area contributed by atoms with E-state index in [0.717, 1.165) is 5.56 Å². The number of carbonyl (C=O) groups excluding carboxylic acids is 3. The highest BCUT2D eigenvalue weighted by atomic mass is 35.5. The summed E-state index contributed by atoms with van der Waals surface area (Å²) in [5, 5.41) is 15.4. The maximum absolute atomic E-state index is 13.1. The zero-order valence-corrected chi connectivity index (χ0v) is 22.4. The van der Waals surface area contributed by atoms with Crippen LogP contribution in [0.5, 0.6) is 0 Å². The van der Waals surface area contributed by atoms with E-state index in [1.165, 1.54) is 9.58 Å². The minimum Gasteiger partial charge on any atom is -0.445 e. The first-order chi connectivity index (χ1) is 18.4. The first kappa shape index (κ1) is 27.5. The molecule has 2 unspecified atom stereocenters. The molecular formula is C26H28Cl2N6O4. The number of halogens is 2. The number of hydrogen-bond acceptors (Lipinski definition) is 7. The van der Waals surface area contributed by atoms with Gasteiger partial charge in [-0.3, -0.25) is 14.5 Å². The zero-order valence-electron chi connectivity index (χ0n) is 20.8. The Morgan fingerprint density at radius 3 is 2.55 bits per heavy atom. The van der Waals surface area contributed by atoms with Gasteiger partial charge in [-0.1, -0.05) is 66.5 Å². The van der Waals surface area contributed by atoms with E-state index in [4.69, 9.17) is 27.9 Å². The van der Waals surface area contributed by atoms with Gasteiger partial charge in [0.25, 0.3) is 0 Å². The van der Waals surface area contributed by atoms with Crippen LogP contribution in [0.2, 0.25) is 10.0 Å². The van der Waals surface area contributed by atoms with Crippen LogP contribution in [0.15, 0.2) is 48.5 Å². The number of nitrogens with zero attached hydrogens (tertiary/aromatic N) is 5. The van der Waals surface area contributed by atoms with E-state index in [0.29, 0.717) is 47.2 Å². The molecule has 1 N–H and O–H groups in total. The Balaban J connectivity index is 1.36. The summed E-state index contributed by atoms with van der Waals surface area (Å²) in [6.45, 7) is 2.19. The number of Topliss-reactive ketones (excluding diaryl/α,β-unsaturated/α-hetero) is 1. The van der Waals surface area contributed by atoms with Crippen molar-refractivity contribution in [3.05, 3.63) is 75.5 Å². The van der Waals surface area contributed by atoms with Crippen LogP contribution in [0.1, 0.15) is 43.1 Å². The Bertz CT molecular complexity index is 1270. The Kier molecular flexibility index (Phi) is 9.30. The number of hydrogen-bond donors (Lipinski definition) is 1. The van der Waals surface area contributed by atoms with Crippen LogP contribution in [0.25, 0.3) is 0 Å². The maximum atomic E-state index is 13.1. The highest BCUT2D eigenvalue weighted by Crippen LogP contribution is 2.26. The molecule has 0 aliphatic carbocycles. The van der Waals surface area contributed by atoms with Gasteiger partial charge in [-0.15, -0.1) is 5.10 Å². The topological polar surface area (TPSA) is 119 Å². The summed E-state index contributed by atoms with van der Waals surface area (Å²) in [5.41, 5.74) is 1.51. The number of benzene rings is 2. The summed E-state index contributed by atoms with van der Waals surface area (Å²) in [6.07, 6.45) is 1.21. The Labute approximate surface area is 230 Å². The molecule has 1 aromatic heterocycles. The van der Waals surface area contributed by atoms with Crippen LogP contribution in [0, 0.1) is 0 Å². The van der Waals surface area contributed by atoms with Crippen molar-refractivity contribution in [2.24, 2.45) is 0 Å². The van der Waals surface area contributed by atoms with Gasteiger partial charge in [0.1, 0.15) is 19.2 Å². The minimum atomic E-state index is -0.772. The lowest BCUT2D eigenvalue weighted by atomic mass is 10.1. The molecule has 2 amide bonds. The van der Waals surface area contributed by atoms with Crippen molar-refractivity contribution >= 4 is 41.0 Å². The van der Waals surface area contributed by atoms with Gasteiger partial charge in [-0.05, 0) is 52.9 Å². The summed E-state index contributed by atoms with van der Waals surface area (Å²) in [4.78, 5) is 40.3. The van der Waals surface area contributed by atoms with Crippen molar-refractivity contribution in [1.82, 2.24) is 30.4 Å². The molecule has 2 heterocycles. The molecule has 3 aromatic rings. The fraction of sp³-hybridized carbons (Fsp3) is 0.385. The first-order valence-electron chi connectivity index (χ1n) is 12.4. The highest BCUT2D eigenvalue weighted by molar-refractivity contribution is 6.36. The average Bonchev–Trinajstić information content (AvgIpc) is 3.58. The van der Waals surface area contributed by atoms with Gasteiger partial charge in [0.05, 0.1) is 6.04 Å². The van der Waals surface area contributed by atoms with E-state index in [1.54, 1.807) is 25.1 Å². The fourth-order valence-corrected chi connectivity index (χ4v) is 4.86. The third-order valence-corrected chi connectivity index (χ3v) is 7.12. The SMILES string of the molecule is CCC(NC(=O)C1CCCN1C(=O)OCc1ccccc1)C(=O)Cn1nnnc1Cc1c(Cl)cccc1Cl. The number of ketones is 1. The molecule has 4 rings (SSSR count). The van der Waals surface area contributed by atoms with Gasteiger partial charge in [0.2, 0.25) is 5.91 Å². The van der Waals surface area contributed by atoms with Crippen LogP contribution >= 0.6 is 23.2 Å². The number of likely N-dealkylation sites (tertiary alicyclic amines) is 1. The van der Waals surface area contributed by atoms with Gasteiger partial charge >= 0.3 is 6.09 Å². The van der Waals surface area contributed by atoms with E-state index >= 15 is 0 Å². The molecule has 1 aliphatic rings. The van der Waals surface area contributed by atoms with Crippen LogP contribution in [-0.2, 0) is 33.9 Å². The second kappa shape index (κ2) is 12.8. The number of tetrazole rings is 1. The number of carbonyl (C=O) groups is 3. The lowest BCUT2D eigenvalue weighted by Crippen LogP contribution is -2.51. The normalized spacial score (nSPS) is 15.8. The molecule has 200 valence electrons. The molecule has 1 saturated heterocycles. The van der Waals surface area contributed by atoms with Crippen LogP contribution < -0.4 is 5.32 Å². The molecule has 10 nitrogen and oxygen atoms in total. The van der Waals surface area contributed by atoms with Gasteiger partial charge in [-0.25, -0.2) is 9.48 Å². The molecule has 2 aromatic carbocycles. The molecule has 2 atom stereocenters. The summed E-state index contributed by atoms with van der Waals surface area (Å²) in [6, 6.07) is 13.0. The number of ether oxygens (including phenoxy) is 1. The molecule has 0 saturated carbocycles. The monoisotopic (exact) mass is 558 g/mol. The largest absolute Gasteiger partial charge is 0.445 e. The lowest BCUT2D eigenvalue weighted by molar-refractivity contribution is -0.130. The average molecular weight is 559 g/mol. The Morgan fingerprint density at radius 1 is 1.11 bits per heavy atom. The second-order valence-corrected chi connectivity index (χ2v) is 9.77. The van der Waals surface area contributed by atoms with E-state index < -0.39 is 18.2 Å². The summed E-state index contributed by atoms with van der Waals surface area (Å²) < 4.78 is 6.79. The van der Waals surface area contributed by atoms with E-state index in [1.807, 2.05) is 30.3 Å². The maximum Gasteiger partial charge on any atom is 0.410 e. The second-order valence-electron chi connectivity index (χ2n) is 8.96. The van der Waals surface area contributed by atoms with Crippen LogP contribution in [0.4, 0.5) is 4.79 Å². The first-order valence-corrected chi connectivity index (χ1v) is 13.1. The molecule has 38 heavy (non-hydrogen) atoms. The molecule has 0 radical (unpaired) electrons. The van der Waals surface area contributed by atoms with Crippen molar-refractivity contribution in [1.29, 1.82) is 0 Å². The zero-order chi connectivity index (χ0) is 27.1. The lowest BCUT2D eigenvalue weighted by Gasteiger charge is -2.25. The van der Waals surface area contributed by atoms with Crippen LogP contribution in [0.3, 0.4) is 0 Å². The van der Waals surface area contributed by atoms with Gasteiger partial charge in [-0.2, -0.15) is 0 Å². The third kappa shape index (κ3) is 6.68. The fourth-order valence-electron chi connectivity index (χ4n) is 4.33. The number of rotatable bonds is 10. The number of nitrogens with one attached hydrogen (secondary N) is 1. The van der Waals surface area contributed by atoms with Crippen molar-refractivity contribution in [2.75, 3.05) is 6.54 Å². The minimum absolute atomic E-state index is 0.119. The van der Waals surface area contributed by atoms with Crippen molar-refractivity contribution in [3.63, 3.8) is 0 Å². The van der Waals surface area contributed by atoms with Crippen LogP contribution in [-0.4, -0.2) is 61.5 Å². The highest BCUT2D eigenvalue weighted by Gasteiger charge is 2.36. The molecular weight excluding hydrogens is 531 g/mol. The number of amides is 2. The van der Waals surface area contributed by atoms with Crippen molar-refractivity contribution < 1.29 is 19.1 Å². The summed E-state index contributed by atoms with van der Waals surface area (Å²) in [5.74, 6) is -0.243. The third-order valence-electron chi connectivity index (χ3n) is 6.42.